The molecule has 0 spiro atoms. The maximum Gasteiger partial charge on any atom is 0.323 e. The van der Waals surface area contributed by atoms with E-state index < -0.39 is 18.1 Å². The second-order valence-electron chi connectivity index (χ2n) is 5.54. The first-order valence-electron chi connectivity index (χ1n) is 7.25. The lowest BCUT2D eigenvalue weighted by atomic mass is 9.97. The number of hydrogen-bond acceptors (Lipinski definition) is 7. The molecule has 0 radical (unpaired) electrons. The van der Waals surface area contributed by atoms with Gasteiger partial charge in [-0.2, -0.15) is 0 Å². The predicted octanol–water partition coefficient (Wildman–Crippen LogP) is 0.0862. The summed E-state index contributed by atoms with van der Waals surface area (Å²) in [6.07, 6.45) is 1.83. The Hall–Kier alpha value is -1.70. The molecular formula is C15H22N2O5. The van der Waals surface area contributed by atoms with E-state index in [1.807, 2.05) is 4.90 Å². The van der Waals surface area contributed by atoms with Gasteiger partial charge >= 0.3 is 5.97 Å². The van der Waals surface area contributed by atoms with Crippen molar-refractivity contribution in [1.29, 1.82) is 0 Å². The Morgan fingerprint density at radius 1 is 1.55 bits per heavy atom. The van der Waals surface area contributed by atoms with Gasteiger partial charge in [0.05, 0.1) is 25.5 Å². The van der Waals surface area contributed by atoms with Gasteiger partial charge in [0, 0.05) is 30.4 Å². The van der Waals surface area contributed by atoms with Crippen LogP contribution in [-0.2, 0) is 22.7 Å². The van der Waals surface area contributed by atoms with Crippen molar-refractivity contribution < 1.29 is 24.9 Å². The van der Waals surface area contributed by atoms with Crippen LogP contribution in [0.1, 0.15) is 29.7 Å². The zero-order valence-corrected chi connectivity index (χ0v) is 12.8. The molecule has 1 saturated heterocycles. The van der Waals surface area contributed by atoms with Crippen molar-refractivity contribution in [2.45, 2.75) is 45.1 Å². The van der Waals surface area contributed by atoms with Gasteiger partial charge in [-0.15, -0.1) is 0 Å². The van der Waals surface area contributed by atoms with Crippen LogP contribution >= 0.6 is 0 Å². The average Bonchev–Trinajstić information content (AvgIpc) is 2.52. The molecule has 2 atom stereocenters. The van der Waals surface area contributed by atoms with E-state index in [1.165, 1.54) is 13.3 Å². The highest BCUT2D eigenvalue weighted by Crippen LogP contribution is 2.28. The Labute approximate surface area is 129 Å². The standard InChI is InChI=1S/C15H22N2O5/c1-9-14(20)12(10(8-18)6-16-9)7-17-4-3-11(19)5-13(17)15(21)22-2/h6,11,13,18-20H,3-5,7-8H2,1-2H3/t11-,13+/m1/s1. The van der Waals surface area contributed by atoms with Gasteiger partial charge < -0.3 is 20.1 Å². The Bertz CT molecular complexity index is 549. The molecule has 1 aliphatic rings. The molecular weight excluding hydrogens is 288 g/mol. The Balaban J connectivity index is 2.28. The summed E-state index contributed by atoms with van der Waals surface area (Å²) in [5.41, 5.74) is 1.55. The number of ether oxygens (including phenoxy) is 1. The third-order valence-electron chi connectivity index (χ3n) is 4.12. The fourth-order valence-corrected chi connectivity index (χ4v) is 2.77. The molecule has 1 fully saturated rings. The quantitative estimate of drug-likeness (QED) is 0.677. The number of esters is 1. The first-order chi connectivity index (χ1) is 10.5. The lowest BCUT2D eigenvalue weighted by molar-refractivity contribution is -0.150. The number of carbonyl (C=O) groups excluding carboxylic acids is 1. The smallest absolute Gasteiger partial charge is 0.323 e. The average molecular weight is 310 g/mol. The summed E-state index contributed by atoms with van der Waals surface area (Å²) in [5.74, 6) is -0.379. The first-order valence-corrected chi connectivity index (χ1v) is 7.25. The summed E-state index contributed by atoms with van der Waals surface area (Å²) >= 11 is 0. The highest BCUT2D eigenvalue weighted by Gasteiger charge is 2.34. The van der Waals surface area contributed by atoms with Crippen molar-refractivity contribution in [3.05, 3.63) is 23.0 Å². The van der Waals surface area contributed by atoms with Crippen LogP contribution in [0.4, 0.5) is 0 Å². The molecule has 7 heteroatoms. The minimum absolute atomic E-state index is 0.0290. The molecule has 3 N–H and O–H groups in total. The van der Waals surface area contributed by atoms with Gasteiger partial charge in [-0.1, -0.05) is 0 Å². The molecule has 0 aliphatic carbocycles. The van der Waals surface area contributed by atoms with Crippen molar-refractivity contribution in [2.75, 3.05) is 13.7 Å². The summed E-state index contributed by atoms with van der Waals surface area (Å²) in [7, 11) is 1.31. The largest absolute Gasteiger partial charge is 0.506 e. The molecule has 1 aromatic rings. The Morgan fingerprint density at radius 2 is 2.27 bits per heavy atom. The van der Waals surface area contributed by atoms with Crippen molar-refractivity contribution in [3.63, 3.8) is 0 Å². The highest BCUT2D eigenvalue weighted by molar-refractivity contribution is 5.75. The van der Waals surface area contributed by atoms with Crippen molar-refractivity contribution >= 4 is 5.97 Å². The van der Waals surface area contributed by atoms with E-state index in [4.69, 9.17) is 4.74 Å². The third-order valence-corrected chi connectivity index (χ3v) is 4.12. The number of methoxy groups -OCH3 is 1. The fraction of sp³-hybridized carbons (Fsp3) is 0.600. The number of pyridine rings is 1. The molecule has 0 unspecified atom stereocenters. The van der Waals surface area contributed by atoms with E-state index in [-0.39, 0.29) is 18.9 Å². The van der Waals surface area contributed by atoms with Crippen LogP contribution < -0.4 is 0 Å². The normalized spacial score (nSPS) is 22.5. The number of aliphatic hydroxyl groups is 2. The summed E-state index contributed by atoms with van der Waals surface area (Å²) in [6, 6.07) is -0.562. The lowest BCUT2D eigenvalue weighted by Gasteiger charge is -2.36. The van der Waals surface area contributed by atoms with Gasteiger partial charge in [0.1, 0.15) is 11.8 Å². The van der Waals surface area contributed by atoms with Crippen LogP contribution in [0.15, 0.2) is 6.20 Å². The topological polar surface area (TPSA) is 103 Å². The number of aromatic nitrogens is 1. The molecule has 7 nitrogen and oxygen atoms in total. The van der Waals surface area contributed by atoms with Crippen LogP contribution in [0.2, 0.25) is 0 Å². The van der Waals surface area contributed by atoms with Crippen molar-refractivity contribution in [1.82, 2.24) is 9.88 Å². The van der Waals surface area contributed by atoms with Crippen LogP contribution in [-0.4, -0.2) is 57.0 Å². The number of nitrogens with zero attached hydrogens (tertiary/aromatic N) is 2. The number of piperidine rings is 1. The van der Waals surface area contributed by atoms with E-state index in [1.54, 1.807) is 6.92 Å². The van der Waals surface area contributed by atoms with Crippen molar-refractivity contribution in [3.8, 4) is 5.75 Å². The minimum atomic E-state index is -0.562. The van der Waals surface area contributed by atoms with E-state index in [9.17, 15) is 20.1 Å². The summed E-state index contributed by atoms with van der Waals surface area (Å²) in [4.78, 5) is 17.8. The van der Waals surface area contributed by atoms with Gasteiger partial charge in [-0.3, -0.25) is 14.7 Å². The predicted molar refractivity (Wildman–Crippen MR) is 78.0 cm³/mol. The number of rotatable bonds is 4. The Morgan fingerprint density at radius 3 is 2.91 bits per heavy atom. The molecule has 122 valence electrons. The highest BCUT2D eigenvalue weighted by atomic mass is 16.5. The molecule has 0 amide bonds. The van der Waals surface area contributed by atoms with Gasteiger partial charge in [-0.25, -0.2) is 0 Å². The van der Waals surface area contributed by atoms with Crippen LogP contribution in [0.3, 0.4) is 0 Å². The van der Waals surface area contributed by atoms with Crippen LogP contribution in [0.25, 0.3) is 0 Å². The van der Waals surface area contributed by atoms with Crippen molar-refractivity contribution in [2.24, 2.45) is 0 Å². The minimum Gasteiger partial charge on any atom is -0.506 e. The first kappa shape index (κ1) is 16.7. The number of hydrogen-bond donors (Lipinski definition) is 3. The molecule has 2 rings (SSSR count). The summed E-state index contributed by atoms with van der Waals surface area (Å²) in [6.45, 7) is 2.23. The SMILES string of the molecule is COC(=O)[C@@H]1C[C@H](O)CCN1Cc1c(CO)cnc(C)c1O. The number of carbonyl (C=O) groups is 1. The van der Waals surface area contributed by atoms with E-state index in [2.05, 4.69) is 4.98 Å². The molecule has 22 heavy (non-hydrogen) atoms. The van der Waals surface area contributed by atoms with Gasteiger partial charge in [0.25, 0.3) is 0 Å². The number of aliphatic hydroxyl groups excluding tert-OH is 2. The maximum atomic E-state index is 11.9. The second-order valence-corrected chi connectivity index (χ2v) is 5.54. The zero-order valence-electron chi connectivity index (χ0n) is 12.8. The van der Waals surface area contributed by atoms with Crippen LogP contribution in [0.5, 0.6) is 5.75 Å². The number of aromatic hydroxyl groups is 1. The molecule has 0 saturated carbocycles. The number of likely N-dealkylation sites (tertiary alicyclic amines) is 1. The van der Waals surface area contributed by atoms with Crippen LogP contribution in [0, 0.1) is 6.92 Å². The van der Waals surface area contributed by atoms with E-state index in [0.29, 0.717) is 36.2 Å². The third kappa shape index (κ3) is 3.37. The number of aryl methyl sites for hydroxylation is 1. The molecule has 2 heterocycles. The zero-order chi connectivity index (χ0) is 16.3. The molecule has 0 bridgehead atoms. The fourth-order valence-electron chi connectivity index (χ4n) is 2.77. The molecule has 1 aromatic heterocycles. The summed E-state index contributed by atoms with van der Waals surface area (Å²) < 4.78 is 4.80. The van der Waals surface area contributed by atoms with E-state index >= 15 is 0 Å². The Kier molecular flexibility index (Phi) is 5.33. The second kappa shape index (κ2) is 7.04. The van der Waals surface area contributed by atoms with Gasteiger partial charge in [0.2, 0.25) is 0 Å². The van der Waals surface area contributed by atoms with Gasteiger partial charge in [-0.05, 0) is 19.8 Å². The summed E-state index contributed by atoms with van der Waals surface area (Å²) in [5, 5.41) is 29.4. The van der Waals surface area contributed by atoms with E-state index in [0.717, 1.165) is 0 Å². The molecule has 0 aromatic carbocycles. The lowest BCUT2D eigenvalue weighted by Crippen LogP contribution is -2.48. The monoisotopic (exact) mass is 310 g/mol. The maximum absolute atomic E-state index is 11.9. The van der Waals surface area contributed by atoms with Gasteiger partial charge in [0.15, 0.2) is 0 Å². The molecule has 1 aliphatic heterocycles.